The van der Waals surface area contributed by atoms with Crippen molar-refractivity contribution >= 4 is 0 Å². The van der Waals surface area contributed by atoms with Crippen LogP contribution in [-0.4, -0.2) is 4.98 Å². The van der Waals surface area contributed by atoms with E-state index in [1.165, 1.54) is 18.5 Å². The number of nitrogens with zero attached hydrogens (tertiary/aromatic N) is 2. The van der Waals surface area contributed by atoms with Gasteiger partial charge < -0.3 is 0 Å². The summed E-state index contributed by atoms with van der Waals surface area (Å²) >= 11 is 0. The lowest BCUT2D eigenvalue weighted by Crippen LogP contribution is -2.09. The Balaban J connectivity index is 2.54. The molecular weight excluding hydrogens is 253 g/mol. The SMILES string of the molecule is N#CCc1ccc(-c2ccncc2)cc1C(F)(F)F. The first-order chi connectivity index (χ1) is 9.02. The Bertz CT molecular complexity index is 613. The maximum atomic E-state index is 12.9. The highest BCUT2D eigenvalue weighted by atomic mass is 19.4. The molecule has 0 amide bonds. The predicted octanol–water partition coefficient (Wildman–Crippen LogP) is 3.83. The van der Waals surface area contributed by atoms with Crippen molar-refractivity contribution in [1.82, 2.24) is 4.98 Å². The topological polar surface area (TPSA) is 36.7 Å². The van der Waals surface area contributed by atoms with E-state index in [1.54, 1.807) is 24.3 Å². The van der Waals surface area contributed by atoms with E-state index in [-0.39, 0.29) is 12.0 Å². The Hall–Kier alpha value is -2.35. The van der Waals surface area contributed by atoms with Gasteiger partial charge in [0.05, 0.1) is 18.1 Å². The van der Waals surface area contributed by atoms with Crippen molar-refractivity contribution in [3.05, 3.63) is 53.9 Å². The summed E-state index contributed by atoms with van der Waals surface area (Å²) < 4.78 is 38.8. The average molecular weight is 262 g/mol. The molecule has 0 saturated heterocycles. The van der Waals surface area contributed by atoms with Gasteiger partial charge in [0.15, 0.2) is 0 Å². The number of hydrogen-bond acceptors (Lipinski definition) is 2. The van der Waals surface area contributed by atoms with E-state index in [0.717, 1.165) is 6.07 Å². The highest BCUT2D eigenvalue weighted by Gasteiger charge is 2.33. The predicted molar refractivity (Wildman–Crippen MR) is 64.0 cm³/mol. The molecule has 96 valence electrons. The molecule has 2 rings (SSSR count). The van der Waals surface area contributed by atoms with Crippen LogP contribution in [0.1, 0.15) is 11.1 Å². The maximum absolute atomic E-state index is 12.9. The van der Waals surface area contributed by atoms with Crippen LogP contribution in [0.3, 0.4) is 0 Å². The average Bonchev–Trinajstić information content (AvgIpc) is 2.39. The molecule has 0 aliphatic rings. The zero-order valence-corrected chi connectivity index (χ0v) is 9.78. The molecule has 1 aromatic heterocycles. The third-order valence-electron chi connectivity index (χ3n) is 2.70. The summed E-state index contributed by atoms with van der Waals surface area (Å²) in [5.41, 5.74) is 0.344. The molecule has 1 heterocycles. The molecule has 2 nitrogen and oxygen atoms in total. The molecule has 0 bridgehead atoms. The number of hydrogen-bond donors (Lipinski definition) is 0. The minimum Gasteiger partial charge on any atom is -0.265 e. The number of pyridine rings is 1. The molecule has 19 heavy (non-hydrogen) atoms. The van der Waals surface area contributed by atoms with Gasteiger partial charge in [0, 0.05) is 12.4 Å². The fourth-order valence-corrected chi connectivity index (χ4v) is 1.80. The fourth-order valence-electron chi connectivity index (χ4n) is 1.80. The van der Waals surface area contributed by atoms with Crippen molar-refractivity contribution in [1.29, 1.82) is 5.26 Å². The van der Waals surface area contributed by atoms with Gasteiger partial charge in [-0.3, -0.25) is 4.98 Å². The van der Waals surface area contributed by atoms with Gasteiger partial charge in [0.25, 0.3) is 0 Å². The molecule has 0 unspecified atom stereocenters. The third kappa shape index (κ3) is 2.91. The van der Waals surface area contributed by atoms with Gasteiger partial charge >= 0.3 is 6.18 Å². The molecule has 0 saturated carbocycles. The second kappa shape index (κ2) is 5.11. The molecule has 0 aliphatic carbocycles. The highest BCUT2D eigenvalue weighted by molar-refractivity contribution is 5.64. The lowest BCUT2D eigenvalue weighted by atomic mass is 9.98. The number of rotatable bonds is 2. The third-order valence-corrected chi connectivity index (χ3v) is 2.70. The van der Waals surface area contributed by atoms with Crippen LogP contribution in [-0.2, 0) is 12.6 Å². The first kappa shape index (κ1) is 13.1. The van der Waals surface area contributed by atoms with Crippen molar-refractivity contribution in [2.75, 3.05) is 0 Å². The molecular formula is C14H9F3N2. The van der Waals surface area contributed by atoms with E-state index in [9.17, 15) is 13.2 Å². The van der Waals surface area contributed by atoms with E-state index in [0.29, 0.717) is 11.1 Å². The van der Waals surface area contributed by atoms with E-state index in [4.69, 9.17) is 5.26 Å². The monoisotopic (exact) mass is 262 g/mol. The van der Waals surface area contributed by atoms with Gasteiger partial charge in [0.1, 0.15) is 0 Å². The van der Waals surface area contributed by atoms with Crippen LogP contribution < -0.4 is 0 Å². The maximum Gasteiger partial charge on any atom is 0.416 e. The summed E-state index contributed by atoms with van der Waals surface area (Å²) in [4.78, 5) is 3.82. The van der Waals surface area contributed by atoms with Crippen LogP contribution in [0.25, 0.3) is 11.1 Å². The molecule has 2 aromatic rings. The summed E-state index contributed by atoms with van der Waals surface area (Å²) in [6, 6.07) is 9.02. The molecule has 5 heteroatoms. The first-order valence-electron chi connectivity index (χ1n) is 5.50. The minimum absolute atomic E-state index is 0.00666. The smallest absolute Gasteiger partial charge is 0.265 e. The van der Waals surface area contributed by atoms with Crippen molar-refractivity contribution in [2.45, 2.75) is 12.6 Å². The Morgan fingerprint density at radius 3 is 2.32 bits per heavy atom. The summed E-state index contributed by atoms with van der Waals surface area (Å²) in [6.45, 7) is 0. The molecule has 0 fully saturated rings. The molecule has 0 atom stereocenters. The number of halogens is 3. The number of benzene rings is 1. The van der Waals surface area contributed by atoms with Crippen LogP contribution in [0.2, 0.25) is 0 Å². The quantitative estimate of drug-likeness (QED) is 0.824. The van der Waals surface area contributed by atoms with Crippen LogP contribution in [0, 0.1) is 11.3 Å². The van der Waals surface area contributed by atoms with Crippen LogP contribution >= 0.6 is 0 Å². The largest absolute Gasteiger partial charge is 0.416 e. The van der Waals surface area contributed by atoms with Crippen LogP contribution in [0.15, 0.2) is 42.7 Å². The Kier molecular flexibility index (Phi) is 3.52. The number of aromatic nitrogens is 1. The normalized spacial score (nSPS) is 11.1. The molecule has 1 aromatic carbocycles. The molecule has 0 radical (unpaired) electrons. The van der Waals surface area contributed by atoms with E-state index >= 15 is 0 Å². The summed E-state index contributed by atoms with van der Waals surface area (Å²) in [5.74, 6) is 0. The van der Waals surface area contributed by atoms with Crippen LogP contribution in [0.5, 0.6) is 0 Å². The zero-order chi connectivity index (χ0) is 13.9. The summed E-state index contributed by atoms with van der Waals surface area (Å²) in [7, 11) is 0. The zero-order valence-electron chi connectivity index (χ0n) is 9.78. The fraction of sp³-hybridized carbons (Fsp3) is 0.143. The van der Waals surface area contributed by atoms with Gasteiger partial charge in [0.2, 0.25) is 0 Å². The Morgan fingerprint density at radius 2 is 1.74 bits per heavy atom. The lowest BCUT2D eigenvalue weighted by molar-refractivity contribution is -0.138. The number of nitriles is 1. The standard InChI is InChI=1S/C14H9F3N2/c15-14(16,17)13-9-12(2-1-11(13)3-6-18)10-4-7-19-8-5-10/h1-2,4-5,7-9H,3H2. The van der Waals surface area contributed by atoms with Gasteiger partial charge in [-0.1, -0.05) is 12.1 Å². The van der Waals surface area contributed by atoms with Gasteiger partial charge in [-0.25, -0.2) is 0 Å². The van der Waals surface area contributed by atoms with Crippen molar-refractivity contribution in [2.24, 2.45) is 0 Å². The second-order valence-electron chi connectivity index (χ2n) is 3.94. The van der Waals surface area contributed by atoms with Crippen LogP contribution in [0.4, 0.5) is 13.2 Å². The van der Waals surface area contributed by atoms with Crippen molar-refractivity contribution in [3.8, 4) is 17.2 Å². The van der Waals surface area contributed by atoms with E-state index in [1.807, 2.05) is 0 Å². The molecule has 0 spiro atoms. The Morgan fingerprint density at radius 1 is 1.05 bits per heavy atom. The molecule has 0 aliphatic heterocycles. The van der Waals surface area contributed by atoms with E-state index < -0.39 is 11.7 Å². The van der Waals surface area contributed by atoms with Gasteiger partial charge in [-0.05, 0) is 34.9 Å². The van der Waals surface area contributed by atoms with E-state index in [2.05, 4.69) is 4.98 Å². The van der Waals surface area contributed by atoms with Crippen molar-refractivity contribution < 1.29 is 13.2 Å². The Labute approximate surface area is 108 Å². The lowest BCUT2D eigenvalue weighted by Gasteiger charge is -2.13. The summed E-state index contributed by atoms with van der Waals surface area (Å²) in [6.07, 6.45) is -1.68. The van der Waals surface area contributed by atoms with Crippen molar-refractivity contribution in [3.63, 3.8) is 0 Å². The van der Waals surface area contributed by atoms with Gasteiger partial charge in [-0.15, -0.1) is 0 Å². The highest BCUT2D eigenvalue weighted by Crippen LogP contribution is 2.35. The molecule has 0 N–H and O–H groups in total. The minimum atomic E-state index is -4.46. The van der Waals surface area contributed by atoms with Gasteiger partial charge in [-0.2, -0.15) is 18.4 Å². The summed E-state index contributed by atoms with van der Waals surface area (Å²) in [5, 5.41) is 8.57. The second-order valence-corrected chi connectivity index (χ2v) is 3.94. The number of alkyl halides is 3. The first-order valence-corrected chi connectivity index (χ1v) is 5.50.